The minimum Gasteiger partial charge on any atom is -0.493 e. The van der Waals surface area contributed by atoms with E-state index in [0.717, 1.165) is 43.0 Å². The van der Waals surface area contributed by atoms with Crippen molar-refractivity contribution in [3.8, 4) is 11.5 Å². The van der Waals surface area contributed by atoms with Crippen molar-refractivity contribution in [2.24, 2.45) is 5.10 Å². The van der Waals surface area contributed by atoms with Gasteiger partial charge in [0.2, 0.25) is 0 Å². The van der Waals surface area contributed by atoms with Gasteiger partial charge in [0.05, 0.1) is 19.4 Å². The van der Waals surface area contributed by atoms with Crippen LogP contribution in [0.5, 0.6) is 11.5 Å². The van der Waals surface area contributed by atoms with Crippen LogP contribution in [0.3, 0.4) is 0 Å². The number of hydrogen-bond donors (Lipinski definition) is 0. The van der Waals surface area contributed by atoms with Crippen LogP contribution >= 0.6 is 0 Å². The summed E-state index contributed by atoms with van der Waals surface area (Å²) in [5, 5.41) is 6.75. The van der Waals surface area contributed by atoms with E-state index in [1.54, 1.807) is 7.11 Å². The largest absolute Gasteiger partial charge is 0.493 e. The van der Waals surface area contributed by atoms with Gasteiger partial charge in [0.25, 0.3) is 0 Å². The van der Waals surface area contributed by atoms with E-state index >= 15 is 0 Å². The van der Waals surface area contributed by atoms with E-state index in [9.17, 15) is 0 Å². The zero-order valence-corrected chi connectivity index (χ0v) is 13.5. The van der Waals surface area contributed by atoms with Gasteiger partial charge in [-0.2, -0.15) is 5.10 Å². The molecule has 0 unspecified atom stereocenters. The molecule has 22 heavy (non-hydrogen) atoms. The number of nitrogens with zero attached hydrogens (tertiary/aromatic N) is 2. The molecule has 0 spiro atoms. The standard InChI is InChI=1S/C18H26N2O2/c1-21-17-10-9-15(14-19-20-11-5-2-6-12-20)13-18(17)22-16-7-3-4-8-16/h9-10,13-14,16H,2-8,11-12H2,1H3. The highest BCUT2D eigenvalue weighted by molar-refractivity contribution is 5.80. The molecule has 1 aliphatic carbocycles. The van der Waals surface area contributed by atoms with Gasteiger partial charge in [-0.25, -0.2) is 0 Å². The number of ether oxygens (including phenoxy) is 2. The fourth-order valence-corrected chi connectivity index (χ4v) is 3.19. The second-order valence-corrected chi connectivity index (χ2v) is 6.19. The molecule has 0 radical (unpaired) electrons. The molecule has 2 fully saturated rings. The van der Waals surface area contributed by atoms with Crippen LogP contribution in [0.25, 0.3) is 0 Å². The lowest BCUT2D eigenvalue weighted by Crippen LogP contribution is -2.24. The molecule has 0 aromatic heterocycles. The maximum atomic E-state index is 6.13. The van der Waals surface area contributed by atoms with E-state index < -0.39 is 0 Å². The monoisotopic (exact) mass is 302 g/mol. The third-order valence-corrected chi connectivity index (χ3v) is 4.49. The number of hydrazone groups is 1. The van der Waals surface area contributed by atoms with Crippen LogP contribution in [0.2, 0.25) is 0 Å². The van der Waals surface area contributed by atoms with Crippen LogP contribution in [0.15, 0.2) is 23.3 Å². The number of hydrogen-bond acceptors (Lipinski definition) is 4. The molecular weight excluding hydrogens is 276 g/mol. The minimum atomic E-state index is 0.336. The molecule has 4 nitrogen and oxygen atoms in total. The molecule has 1 saturated carbocycles. The lowest BCUT2D eigenvalue weighted by atomic mass is 10.2. The molecule has 1 aliphatic heterocycles. The summed E-state index contributed by atoms with van der Waals surface area (Å²) in [6.45, 7) is 2.14. The Labute approximate surface area is 133 Å². The van der Waals surface area contributed by atoms with Crippen LogP contribution in [-0.4, -0.2) is 37.5 Å². The SMILES string of the molecule is COc1ccc(C=NN2CCCCC2)cc1OC1CCCC1. The molecule has 1 saturated heterocycles. The molecule has 0 N–H and O–H groups in total. The Morgan fingerprint density at radius 2 is 1.82 bits per heavy atom. The summed E-state index contributed by atoms with van der Waals surface area (Å²) in [5.41, 5.74) is 1.07. The molecule has 0 amide bonds. The third-order valence-electron chi connectivity index (χ3n) is 4.49. The Balaban J connectivity index is 1.69. The Morgan fingerprint density at radius 3 is 2.55 bits per heavy atom. The Hall–Kier alpha value is -1.71. The van der Waals surface area contributed by atoms with Crippen molar-refractivity contribution < 1.29 is 9.47 Å². The zero-order chi connectivity index (χ0) is 15.2. The summed E-state index contributed by atoms with van der Waals surface area (Å²) >= 11 is 0. The predicted molar refractivity (Wildman–Crippen MR) is 88.9 cm³/mol. The lowest BCUT2D eigenvalue weighted by molar-refractivity contribution is 0.201. The molecule has 2 aliphatic rings. The number of methoxy groups -OCH3 is 1. The molecule has 0 atom stereocenters. The van der Waals surface area contributed by atoms with Crippen molar-refractivity contribution in [2.75, 3.05) is 20.2 Å². The highest BCUT2D eigenvalue weighted by atomic mass is 16.5. The van der Waals surface area contributed by atoms with Crippen molar-refractivity contribution in [1.29, 1.82) is 0 Å². The quantitative estimate of drug-likeness (QED) is 0.775. The molecule has 4 heteroatoms. The van der Waals surface area contributed by atoms with Gasteiger partial charge in [-0.3, -0.25) is 5.01 Å². The Kier molecular flexibility index (Phi) is 5.20. The minimum absolute atomic E-state index is 0.336. The summed E-state index contributed by atoms with van der Waals surface area (Å²) in [4.78, 5) is 0. The van der Waals surface area contributed by atoms with E-state index in [1.165, 1.54) is 32.1 Å². The maximum absolute atomic E-state index is 6.13. The van der Waals surface area contributed by atoms with Crippen LogP contribution in [0.4, 0.5) is 0 Å². The Bertz CT molecular complexity index is 504. The van der Waals surface area contributed by atoms with Gasteiger partial charge in [0, 0.05) is 13.1 Å². The van der Waals surface area contributed by atoms with Gasteiger partial charge in [-0.15, -0.1) is 0 Å². The van der Waals surface area contributed by atoms with Crippen molar-refractivity contribution >= 4 is 6.21 Å². The van der Waals surface area contributed by atoms with E-state index in [0.29, 0.717) is 6.10 Å². The van der Waals surface area contributed by atoms with Crippen LogP contribution in [-0.2, 0) is 0 Å². The molecular formula is C18H26N2O2. The Morgan fingerprint density at radius 1 is 1.05 bits per heavy atom. The van der Waals surface area contributed by atoms with Crippen molar-refractivity contribution in [2.45, 2.75) is 51.0 Å². The molecule has 1 aromatic carbocycles. The van der Waals surface area contributed by atoms with Gasteiger partial charge in [0.1, 0.15) is 0 Å². The zero-order valence-electron chi connectivity index (χ0n) is 13.5. The first-order chi connectivity index (χ1) is 10.8. The van der Waals surface area contributed by atoms with Gasteiger partial charge >= 0.3 is 0 Å². The average molecular weight is 302 g/mol. The van der Waals surface area contributed by atoms with Gasteiger partial charge in [0.15, 0.2) is 11.5 Å². The molecule has 3 rings (SSSR count). The first kappa shape index (κ1) is 15.2. The smallest absolute Gasteiger partial charge is 0.162 e. The second kappa shape index (κ2) is 7.52. The van der Waals surface area contributed by atoms with E-state index in [2.05, 4.69) is 10.1 Å². The van der Waals surface area contributed by atoms with Gasteiger partial charge < -0.3 is 9.47 Å². The van der Waals surface area contributed by atoms with Gasteiger partial charge in [-0.05, 0) is 68.7 Å². The van der Waals surface area contributed by atoms with Crippen molar-refractivity contribution in [3.05, 3.63) is 23.8 Å². The average Bonchev–Trinajstić information content (AvgIpc) is 3.07. The highest BCUT2D eigenvalue weighted by Gasteiger charge is 2.18. The van der Waals surface area contributed by atoms with Crippen LogP contribution in [0, 0.1) is 0 Å². The van der Waals surface area contributed by atoms with E-state index in [1.807, 2.05) is 24.4 Å². The van der Waals surface area contributed by atoms with Crippen LogP contribution in [0.1, 0.15) is 50.5 Å². The van der Waals surface area contributed by atoms with Crippen LogP contribution < -0.4 is 9.47 Å². The van der Waals surface area contributed by atoms with Crippen molar-refractivity contribution in [1.82, 2.24) is 5.01 Å². The number of piperidine rings is 1. The summed E-state index contributed by atoms with van der Waals surface area (Å²) in [5.74, 6) is 1.65. The molecule has 0 bridgehead atoms. The fraction of sp³-hybridized carbons (Fsp3) is 0.611. The van der Waals surface area contributed by atoms with Crippen molar-refractivity contribution in [3.63, 3.8) is 0 Å². The predicted octanol–water partition coefficient (Wildman–Crippen LogP) is 3.84. The fourth-order valence-electron chi connectivity index (χ4n) is 3.19. The van der Waals surface area contributed by atoms with Gasteiger partial charge in [-0.1, -0.05) is 0 Å². The summed E-state index contributed by atoms with van der Waals surface area (Å²) < 4.78 is 11.6. The number of rotatable bonds is 5. The topological polar surface area (TPSA) is 34.1 Å². The number of benzene rings is 1. The maximum Gasteiger partial charge on any atom is 0.162 e. The lowest BCUT2D eigenvalue weighted by Gasteiger charge is -2.23. The summed E-state index contributed by atoms with van der Waals surface area (Å²) in [7, 11) is 1.69. The summed E-state index contributed by atoms with van der Waals surface area (Å²) in [6, 6.07) is 6.06. The molecule has 1 aromatic rings. The van der Waals surface area contributed by atoms with E-state index in [4.69, 9.17) is 9.47 Å². The second-order valence-electron chi connectivity index (χ2n) is 6.19. The third kappa shape index (κ3) is 3.93. The summed E-state index contributed by atoms with van der Waals surface area (Å²) in [6.07, 6.45) is 10.9. The normalized spacial score (nSPS) is 19.8. The molecule has 120 valence electrons. The first-order valence-electron chi connectivity index (χ1n) is 8.49. The highest BCUT2D eigenvalue weighted by Crippen LogP contribution is 2.32. The molecule has 1 heterocycles. The first-order valence-corrected chi connectivity index (χ1v) is 8.49. The van der Waals surface area contributed by atoms with E-state index in [-0.39, 0.29) is 0 Å².